The van der Waals surface area contributed by atoms with Gasteiger partial charge in [0.25, 0.3) is 0 Å². The molecule has 0 fully saturated rings. The van der Waals surface area contributed by atoms with E-state index in [1.54, 1.807) is 0 Å². The van der Waals surface area contributed by atoms with Gasteiger partial charge in [0, 0.05) is 33.0 Å². The normalized spacial score (nSPS) is 11.1. The largest absolute Gasteiger partial charge is 0.676 e. The Morgan fingerprint density at radius 1 is 0.600 bits per heavy atom. The summed E-state index contributed by atoms with van der Waals surface area (Å²) in [5.74, 6) is 0. The summed E-state index contributed by atoms with van der Waals surface area (Å²) in [6.07, 6.45) is 7.31. The monoisotopic (exact) mass is 396 g/mol. The third-order valence-electron chi connectivity index (χ3n) is 2.92. The summed E-state index contributed by atoms with van der Waals surface area (Å²) >= 11 is -0.629. The SMILES string of the molecule is CCCC[O][AlH][O]CCCC.CCCO[Si](O)(OCCC)OCCC. The van der Waals surface area contributed by atoms with E-state index in [-0.39, 0.29) is 0 Å². The first-order valence-corrected chi connectivity index (χ1v) is 12.7. The fourth-order valence-corrected chi connectivity index (χ4v) is 3.89. The highest BCUT2D eigenvalue weighted by molar-refractivity contribution is 6.51. The first-order chi connectivity index (χ1) is 12.1. The van der Waals surface area contributed by atoms with E-state index in [1.165, 1.54) is 25.7 Å². The van der Waals surface area contributed by atoms with E-state index in [4.69, 9.17) is 20.9 Å². The molecular weight excluding hydrogens is 355 g/mol. The van der Waals surface area contributed by atoms with E-state index in [2.05, 4.69) is 13.8 Å². The van der Waals surface area contributed by atoms with Crippen LogP contribution in [-0.4, -0.2) is 62.8 Å². The Balaban J connectivity index is 0. The van der Waals surface area contributed by atoms with Crippen LogP contribution in [0.4, 0.5) is 0 Å². The standard InChI is InChI=1S/C9H22O4Si.2C4H9O.Al.H/c1-4-7-11-14(10,12-8-5-2)13-9-6-3;2*1-2-3-4-5;;/h10H,4-9H2,1-3H3;2*2-4H2,1H3;;/q;2*-1;+2;. The molecule has 0 spiro atoms. The van der Waals surface area contributed by atoms with Gasteiger partial charge in [-0.15, -0.1) is 0 Å². The van der Waals surface area contributed by atoms with Crippen molar-refractivity contribution in [3.63, 3.8) is 0 Å². The lowest BCUT2D eigenvalue weighted by molar-refractivity contribution is -0.00756. The Kier molecular flexibility index (Phi) is 25.0. The molecule has 0 unspecified atom stereocenters. The van der Waals surface area contributed by atoms with E-state index in [0.29, 0.717) is 19.8 Å². The summed E-state index contributed by atoms with van der Waals surface area (Å²) in [6.45, 7) is 13.5. The lowest BCUT2D eigenvalue weighted by Gasteiger charge is -2.22. The van der Waals surface area contributed by atoms with Crippen LogP contribution < -0.4 is 0 Å². The lowest BCUT2D eigenvalue weighted by atomic mass is 10.4. The summed E-state index contributed by atoms with van der Waals surface area (Å²) in [7, 11) is -3.31. The number of rotatable bonds is 17. The van der Waals surface area contributed by atoms with Crippen LogP contribution in [0.5, 0.6) is 0 Å². The van der Waals surface area contributed by atoms with E-state index < -0.39 is 24.9 Å². The van der Waals surface area contributed by atoms with Gasteiger partial charge in [0.05, 0.1) is 0 Å². The van der Waals surface area contributed by atoms with Crippen molar-refractivity contribution in [3.05, 3.63) is 0 Å². The van der Waals surface area contributed by atoms with Gasteiger partial charge in [0.2, 0.25) is 0 Å². The molecule has 0 bridgehead atoms. The molecule has 1 N–H and O–H groups in total. The highest BCUT2D eigenvalue weighted by Crippen LogP contribution is 2.07. The minimum atomic E-state index is -3.31. The molecule has 0 aromatic carbocycles. The van der Waals surface area contributed by atoms with Crippen molar-refractivity contribution in [2.45, 2.75) is 79.6 Å². The maximum absolute atomic E-state index is 9.88. The van der Waals surface area contributed by atoms with Crippen molar-refractivity contribution in [2.75, 3.05) is 33.0 Å². The Labute approximate surface area is 163 Å². The minimum absolute atomic E-state index is 0.482. The first kappa shape index (κ1) is 27.7. The lowest BCUT2D eigenvalue weighted by Crippen LogP contribution is -2.46. The second kappa shape index (κ2) is 22.6. The van der Waals surface area contributed by atoms with Crippen molar-refractivity contribution in [3.8, 4) is 0 Å². The molecule has 0 radical (unpaired) electrons. The average molecular weight is 397 g/mol. The highest BCUT2D eigenvalue weighted by atomic mass is 28.4. The highest BCUT2D eigenvalue weighted by Gasteiger charge is 2.40. The van der Waals surface area contributed by atoms with Crippen LogP contribution in [0.1, 0.15) is 79.6 Å². The molecule has 0 amide bonds. The van der Waals surface area contributed by atoms with Crippen molar-refractivity contribution >= 4 is 24.9 Å². The van der Waals surface area contributed by atoms with Crippen molar-refractivity contribution in [1.29, 1.82) is 0 Å². The molecule has 6 nitrogen and oxygen atoms in total. The Morgan fingerprint density at radius 3 is 1.24 bits per heavy atom. The second-order valence-corrected chi connectivity index (χ2v) is 8.68. The molecule has 0 saturated carbocycles. The van der Waals surface area contributed by atoms with Crippen LogP contribution >= 0.6 is 0 Å². The first-order valence-electron chi connectivity index (χ1n) is 9.89. The van der Waals surface area contributed by atoms with Gasteiger partial charge in [-0.2, -0.15) is 0 Å². The average Bonchev–Trinajstić information content (AvgIpc) is 2.63. The third kappa shape index (κ3) is 22.5. The fourth-order valence-electron chi connectivity index (χ4n) is 1.49. The van der Waals surface area contributed by atoms with Crippen molar-refractivity contribution < 1.29 is 25.7 Å². The van der Waals surface area contributed by atoms with Crippen LogP contribution in [0.2, 0.25) is 0 Å². The van der Waals surface area contributed by atoms with E-state index >= 15 is 0 Å². The summed E-state index contributed by atoms with van der Waals surface area (Å²) in [4.78, 5) is 9.88. The van der Waals surface area contributed by atoms with E-state index in [9.17, 15) is 4.80 Å². The molecule has 152 valence electrons. The quantitative estimate of drug-likeness (QED) is 0.299. The van der Waals surface area contributed by atoms with Crippen LogP contribution in [0, 0.1) is 0 Å². The summed E-state index contributed by atoms with van der Waals surface area (Å²) in [6, 6.07) is 0. The molecule has 25 heavy (non-hydrogen) atoms. The topological polar surface area (TPSA) is 66.4 Å². The molecule has 0 aromatic rings. The van der Waals surface area contributed by atoms with E-state index in [1.807, 2.05) is 20.8 Å². The third-order valence-corrected chi connectivity index (χ3v) is 5.53. The number of hydrogen-bond acceptors (Lipinski definition) is 6. The molecule has 0 atom stereocenters. The van der Waals surface area contributed by atoms with Crippen LogP contribution in [0.25, 0.3) is 0 Å². The molecule has 0 aliphatic carbocycles. The smallest absolute Gasteiger partial charge is 0.481 e. The number of unbranched alkanes of at least 4 members (excludes halogenated alkanes) is 2. The van der Waals surface area contributed by atoms with Gasteiger partial charge >= 0.3 is 24.9 Å². The number of hydrogen-bond donors (Lipinski definition) is 1. The molecule has 0 aliphatic rings. The van der Waals surface area contributed by atoms with Crippen molar-refractivity contribution in [2.24, 2.45) is 0 Å². The van der Waals surface area contributed by atoms with Crippen LogP contribution in [-0.2, 0) is 20.9 Å². The molecule has 0 heterocycles. The van der Waals surface area contributed by atoms with Gasteiger partial charge in [-0.25, -0.2) is 0 Å². The summed E-state index contributed by atoms with van der Waals surface area (Å²) in [5, 5.41) is 0. The minimum Gasteiger partial charge on any atom is -0.481 e. The van der Waals surface area contributed by atoms with Crippen LogP contribution in [0.3, 0.4) is 0 Å². The Morgan fingerprint density at radius 2 is 0.960 bits per heavy atom. The molecule has 8 heteroatoms. The van der Waals surface area contributed by atoms with Gasteiger partial charge < -0.3 is 25.7 Å². The second-order valence-electron chi connectivity index (χ2n) is 5.71. The molecule has 0 aliphatic heterocycles. The molecule has 0 rings (SSSR count). The summed E-state index contributed by atoms with van der Waals surface area (Å²) in [5.41, 5.74) is 0. The molecule has 0 aromatic heterocycles. The van der Waals surface area contributed by atoms with Gasteiger partial charge in [0.15, 0.2) is 0 Å². The predicted octanol–water partition coefficient (Wildman–Crippen LogP) is 3.58. The van der Waals surface area contributed by atoms with Crippen LogP contribution in [0.15, 0.2) is 0 Å². The Bertz CT molecular complexity index is 219. The maximum atomic E-state index is 9.88. The molecular formula is C17H41AlO6Si. The maximum Gasteiger partial charge on any atom is 0.676 e. The van der Waals surface area contributed by atoms with Crippen molar-refractivity contribution in [1.82, 2.24) is 0 Å². The van der Waals surface area contributed by atoms with E-state index in [0.717, 1.165) is 32.5 Å². The fraction of sp³-hybridized carbons (Fsp3) is 1.00. The zero-order chi connectivity index (χ0) is 19.2. The van der Waals surface area contributed by atoms with Gasteiger partial charge in [-0.1, -0.05) is 47.5 Å². The predicted molar refractivity (Wildman–Crippen MR) is 106 cm³/mol. The molecule has 0 saturated heterocycles. The zero-order valence-corrected chi connectivity index (χ0v) is 19.6. The zero-order valence-electron chi connectivity index (χ0n) is 17.2. The van der Waals surface area contributed by atoms with Gasteiger partial charge in [-0.3, -0.25) is 0 Å². The summed E-state index contributed by atoms with van der Waals surface area (Å²) < 4.78 is 26.4. The van der Waals surface area contributed by atoms with Gasteiger partial charge in [-0.05, 0) is 32.1 Å². The Hall–Kier alpha value is 0.509. The van der Waals surface area contributed by atoms with Gasteiger partial charge in [0.1, 0.15) is 0 Å².